The van der Waals surface area contributed by atoms with Gasteiger partial charge in [0, 0.05) is 33.3 Å². The summed E-state index contributed by atoms with van der Waals surface area (Å²) in [6.45, 7) is 3.70. The zero-order valence-corrected chi connectivity index (χ0v) is 11.0. The van der Waals surface area contributed by atoms with Crippen LogP contribution in [0.25, 0.3) is 0 Å². The van der Waals surface area contributed by atoms with E-state index in [2.05, 4.69) is 4.90 Å². The number of methoxy groups -OCH3 is 1. The molecule has 1 heterocycles. The summed E-state index contributed by atoms with van der Waals surface area (Å²) in [7, 11) is 3.58. The maximum absolute atomic E-state index is 11.8. The number of hydrogen-bond acceptors (Lipinski definition) is 4. The topological polar surface area (TPSA) is 58.8 Å². The largest absolute Gasteiger partial charge is 0.383 e. The highest BCUT2D eigenvalue weighted by molar-refractivity contribution is 5.78. The SMILES string of the molecule is COCC(CCCN)N1CCCN(C)C(=O)C1. The number of amides is 1. The monoisotopic (exact) mass is 243 g/mol. The molecule has 1 unspecified atom stereocenters. The van der Waals surface area contributed by atoms with Crippen LogP contribution in [-0.4, -0.2) is 68.7 Å². The van der Waals surface area contributed by atoms with Crippen LogP contribution in [0.3, 0.4) is 0 Å². The lowest BCUT2D eigenvalue weighted by molar-refractivity contribution is -0.130. The maximum atomic E-state index is 11.8. The van der Waals surface area contributed by atoms with Crippen LogP contribution in [-0.2, 0) is 9.53 Å². The number of likely N-dealkylation sites (N-methyl/N-ethyl adjacent to an activating group) is 1. The van der Waals surface area contributed by atoms with Crippen LogP contribution in [0.4, 0.5) is 0 Å². The zero-order chi connectivity index (χ0) is 12.7. The number of carbonyl (C=O) groups is 1. The highest BCUT2D eigenvalue weighted by Crippen LogP contribution is 2.11. The molecule has 1 saturated heterocycles. The number of rotatable bonds is 6. The summed E-state index contributed by atoms with van der Waals surface area (Å²) in [5.41, 5.74) is 5.55. The molecule has 0 aromatic heterocycles. The highest BCUT2D eigenvalue weighted by Gasteiger charge is 2.24. The van der Waals surface area contributed by atoms with Crippen molar-refractivity contribution in [1.82, 2.24) is 9.80 Å². The second kappa shape index (κ2) is 7.63. The molecule has 1 amide bonds. The summed E-state index contributed by atoms with van der Waals surface area (Å²) in [6, 6.07) is 0.319. The minimum atomic E-state index is 0.205. The molecule has 1 aliphatic rings. The van der Waals surface area contributed by atoms with E-state index in [1.165, 1.54) is 0 Å². The highest BCUT2D eigenvalue weighted by atomic mass is 16.5. The van der Waals surface area contributed by atoms with Gasteiger partial charge in [-0.25, -0.2) is 0 Å². The first kappa shape index (κ1) is 14.4. The van der Waals surface area contributed by atoms with E-state index in [0.29, 0.717) is 25.7 Å². The molecule has 1 atom stereocenters. The number of hydrogen-bond donors (Lipinski definition) is 1. The Morgan fingerprint density at radius 2 is 2.24 bits per heavy atom. The van der Waals surface area contributed by atoms with Crippen molar-refractivity contribution in [2.45, 2.75) is 25.3 Å². The first-order valence-corrected chi connectivity index (χ1v) is 6.36. The molecule has 0 aliphatic carbocycles. The van der Waals surface area contributed by atoms with Crippen molar-refractivity contribution in [2.75, 3.05) is 46.9 Å². The molecule has 2 N–H and O–H groups in total. The quantitative estimate of drug-likeness (QED) is 0.708. The van der Waals surface area contributed by atoms with Crippen molar-refractivity contribution < 1.29 is 9.53 Å². The van der Waals surface area contributed by atoms with Crippen molar-refractivity contribution >= 4 is 5.91 Å². The molecule has 0 spiro atoms. The van der Waals surface area contributed by atoms with E-state index in [1.807, 2.05) is 11.9 Å². The van der Waals surface area contributed by atoms with Crippen LogP contribution in [0.15, 0.2) is 0 Å². The molecule has 1 aliphatic heterocycles. The van der Waals surface area contributed by atoms with Gasteiger partial charge in [-0.3, -0.25) is 9.69 Å². The Morgan fingerprint density at radius 1 is 1.47 bits per heavy atom. The summed E-state index contributed by atoms with van der Waals surface area (Å²) in [5.74, 6) is 0.205. The molecule has 1 rings (SSSR count). The van der Waals surface area contributed by atoms with Gasteiger partial charge in [-0.15, -0.1) is 0 Å². The molecule has 17 heavy (non-hydrogen) atoms. The van der Waals surface area contributed by atoms with Crippen LogP contribution in [0, 0.1) is 0 Å². The second-order valence-electron chi connectivity index (χ2n) is 4.68. The summed E-state index contributed by atoms with van der Waals surface area (Å²) >= 11 is 0. The van der Waals surface area contributed by atoms with Gasteiger partial charge < -0.3 is 15.4 Å². The van der Waals surface area contributed by atoms with E-state index in [-0.39, 0.29) is 5.91 Å². The molecule has 0 bridgehead atoms. The number of ether oxygens (including phenoxy) is 1. The lowest BCUT2D eigenvalue weighted by atomic mass is 10.1. The Balaban J connectivity index is 2.55. The fraction of sp³-hybridized carbons (Fsp3) is 0.917. The van der Waals surface area contributed by atoms with Gasteiger partial charge >= 0.3 is 0 Å². The molecule has 100 valence electrons. The van der Waals surface area contributed by atoms with Crippen molar-refractivity contribution in [1.29, 1.82) is 0 Å². The van der Waals surface area contributed by atoms with Crippen LogP contribution < -0.4 is 5.73 Å². The summed E-state index contributed by atoms with van der Waals surface area (Å²) in [6.07, 6.45) is 3.01. The van der Waals surface area contributed by atoms with E-state index >= 15 is 0 Å². The van der Waals surface area contributed by atoms with Crippen molar-refractivity contribution in [3.05, 3.63) is 0 Å². The van der Waals surface area contributed by atoms with Crippen molar-refractivity contribution in [2.24, 2.45) is 5.73 Å². The van der Waals surface area contributed by atoms with Gasteiger partial charge in [-0.05, 0) is 25.8 Å². The normalized spacial score (nSPS) is 20.4. The average molecular weight is 243 g/mol. The molecule has 0 saturated carbocycles. The molecule has 0 radical (unpaired) electrons. The Morgan fingerprint density at radius 3 is 2.88 bits per heavy atom. The van der Waals surface area contributed by atoms with Gasteiger partial charge in [0.2, 0.25) is 5.91 Å². The molecular weight excluding hydrogens is 218 g/mol. The molecule has 5 nitrogen and oxygen atoms in total. The Kier molecular flexibility index (Phi) is 6.47. The van der Waals surface area contributed by atoms with E-state index in [9.17, 15) is 4.79 Å². The zero-order valence-electron chi connectivity index (χ0n) is 11.0. The first-order valence-electron chi connectivity index (χ1n) is 6.36. The molecule has 1 fully saturated rings. The van der Waals surface area contributed by atoms with Crippen molar-refractivity contribution in [3.8, 4) is 0 Å². The Hall–Kier alpha value is -0.650. The smallest absolute Gasteiger partial charge is 0.236 e. The molecular formula is C12H25N3O2. The van der Waals surface area contributed by atoms with Crippen LogP contribution in [0.5, 0.6) is 0 Å². The molecule has 5 heteroatoms. The fourth-order valence-corrected chi connectivity index (χ4v) is 2.24. The van der Waals surface area contributed by atoms with Crippen LogP contribution in [0.2, 0.25) is 0 Å². The third kappa shape index (κ3) is 4.61. The second-order valence-corrected chi connectivity index (χ2v) is 4.68. The van der Waals surface area contributed by atoms with E-state index in [0.717, 1.165) is 32.4 Å². The minimum absolute atomic E-state index is 0.205. The summed E-state index contributed by atoms with van der Waals surface area (Å²) in [5, 5.41) is 0. The van der Waals surface area contributed by atoms with Crippen LogP contribution >= 0.6 is 0 Å². The maximum Gasteiger partial charge on any atom is 0.236 e. The lowest BCUT2D eigenvalue weighted by Gasteiger charge is -2.29. The number of nitrogens with two attached hydrogens (primary N) is 1. The minimum Gasteiger partial charge on any atom is -0.383 e. The van der Waals surface area contributed by atoms with Gasteiger partial charge in [0.25, 0.3) is 0 Å². The Labute approximate surface area is 104 Å². The predicted molar refractivity (Wildman–Crippen MR) is 67.8 cm³/mol. The molecule has 0 aromatic carbocycles. The first-order chi connectivity index (χ1) is 8.19. The van der Waals surface area contributed by atoms with Crippen molar-refractivity contribution in [3.63, 3.8) is 0 Å². The van der Waals surface area contributed by atoms with Crippen LogP contribution in [0.1, 0.15) is 19.3 Å². The average Bonchev–Trinajstić information content (AvgIpc) is 2.48. The van der Waals surface area contributed by atoms with Gasteiger partial charge in [-0.2, -0.15) is 0 Å². The summed E-state index contributed by atoms with van der Waals surface area (Å²) in [4.78, 5) is 15.9. The van der Waals surface area contributed by atoms with E-state index < -0.39 is 0 Å². The van der Waals surface area contributed by atoms with Gasteiger partial charge in [0.1, 0.15) is 0 Å². The van der Waals surface area contributed by atoms with Gasteiger partial charge in [-0.1, -0.05) is 0 Å². The lowest BCUT2D eigenvalue weighted by Crippen LogP contribution is -2.43. The van der Waals surface area contributed by atoms with E-state index in [4.69, 9.17) is 10.5 Å². The summed E-state index contributed by atoms with van der Waals surface area (Å²) < 4.78 is 5.25. The number of nitrogens with zero attached hydrogens (tertiary/aromatic N) is 2. The number of carbonyl (C=O) groups excluding carboxylic acids is 1. The van der Waals surface area contributed by atoms with Gasteiger partial charge in [0.15, 0.2) is 0 Å². The third-order valence-electron chi connectivity index (χ3n) is 3.32. The van der Waals surface area contributed by atoms with Gasteiger partial charge in [0.05, 0.1) is 13.2 Å². The standard InChI is InChI=1S/C12H25N3O2/c1-14-7-4-8-15(9-12(14)16)11(10-17-2)5-3-6-13/h11H,3-10,13H2,1-2H3. The Bertz CT molecular complexity index is 236. The van der Waals surface area contributed by atoms with E-state index in [1.54, 1.807) is 7.11 Å². The third-order valence-corrected chi connectivity index (χ3v) is 3.32. The fourth-order valence-electron chi connectivity index (χ4n) is 2.24. The predicted octanol–water partition coefficient (Wildman–Crippen LogP) is -0.0956. The molecule has 0 aromatic rings.